The van der Waals surface area contributed by atoms with Crippen molar-refractivity contribution in [1.29, 1.82) is 0 Å². The summed E-state index contributed by atoms with van der Waals surface area (Å²) in [5.74, 6) is -0.244. The fourth-order valence-electron chi connectivity index (χ4n) is 1.88. The number of hydrogen-bond acceptors (Lipinski definition) is 4. The van der Waals surface area contributed by atoms with Gasteiger partial charge < -0.3 is 9.47 Å². The first-order valence-electron chi connectivity index (χ1n) is 7.52. The van der Waals surface area contributed by atoms with E-state index in [-0.39, 0.29) is 11.3 Å². The third-order valence-corrected chi connectivity index (χ3v) is 3.03. The van der Waals surface area contributed by atoms with Crippen LogP contribution in [0.15, 0.2) is 48.5 Å². The van der Waals surface area contributed by atoms with Crippen molar-refractivity contribution in [3.63, 3.8) is 0 Å². The second kappa shape index (κ2) is 9.41. The summed E-state index contributed by atoms with van der Waals surface area (Å²) in [6.07, 6.45) is 0. The summed E-state index contributed by atoms with van der Waals surface area (Å²) < 4.78 is 10.4. The van der Waals surface area contributed by atoms with E-state index in [4.69, 9.17) is 9.47 Å². The topological polar surface area (TPSA) is 52.6 Å². The third kappa shape index (κ3) is 5.25. The summed E-state index contributed by atoms with van der Waals surface area (Å²) in [6.45, 7) is 5.78. The quantitative estimate of drug-likeness (QED) is 0.610. The lowest BCUT2D eigenvalue weighted by molar-refractivity contribution is 0.0595. The number of methoxy groups -OCH3 is 1. The van der Waals surface area contributed by atoms with Gasteiger partial charge in [-0.25, -0.2) is 4.79 Å². The Morgan fingerprint density at radius 2 is 1.65 bits per heavy atom. The first-order chi connectivity index (χ1) is 11.1. The molecule has 2 aromatic rings. The van der Waals surface area contributed by atoms with Gasteiger partial charge in [0, 0.05) is 5.56 Å². The molecule has 0 radical (unpaired) electrons. The maximum Gasteiger partial charge on any atom is 0.341 e. The SMILES string of the molecule is CC.COC(=O)c1cc(C(C)=O)ccc1OCc1ccccc1. The molecule has 0 spiro atoms. The number of Topliss-reactive ketones (excluding diaryl/α,β-unsaturated/α-hetero) is 1. The molecule has 0 amide bonds. The highest BCUT2D eigenvalue weighted by Gasteiger charge is 2.15. The van der Waals surface area contributed by atoms with E-state index in [1.54, 1.807) is 12.1 Å². The number of ketones is 1. The molecule has 0 aliphatic heterocycles. The molecule has 0 atom stereocenters. The molecule has 0 aliphatic rings. The average molecular weight is 314 g/mol. The van der Waals surface area contributed by atoms with Gasteiger partial charge in [0.2, 0.25) is 0 Å². The summed E-state index contributed by atoms with van der Waals surface area (Å²) >= 11 is 0. The minimum Gasteiger partial charge on any atom is -0.488 e. The molecule has 0 N–H and O–H groups in total. The summed E-state index contributed by atoms with van der Waals surface area (Å²) in [5, 5.41) is 0. The van der Waals surface area contributed by atoms with Gasteiger partial charge in [0.05, 0.1) is 7.11 Å². The van der Waals surface area contributed by atoms with Crippen LogP contribution in [0.3, 0.4) is 0 Å². The Morgan fingerprint density at radius 3 is 2.22 bits per heavy atom. The van der Waals surface area contributed by atoms with E-state index in [0.29, 0.717) is 17.9 Å². The Bertz CT molecular complexity index is 648. The van der Waals surface area contributed by atoms with Gasteiger partial charge in [0.15, 0.2) is 5.78 Å². The van der Waals surface area contributed by atoms with E-state index in [0.717, 1.165) is 5.56 Å². The molecule has 0 aromatic heterocycles. The van der Waals surface area contributed by atoms with Gasteiger partial charge in [0.25, 0.3) is 0 Å². The van der Waals surface area contributed by atoms with E-state index < -0.39 is 5.97 Å². The zero-order chi connectivity index (χ0) is 17.2. The lowest BCUT2D eigenvalue weighted by Crippen LogP contribution is -2.07. The maximum absolute atomic E-state index is 11.8. The molecule has 2 rings (SSSR count). The van der Waals surface area contributed by atoms with Crippen LogP contribution in [0.2, 0.25) is 0 Å². The van der Waals surface area contributed by atoms with Crippen LogP contribution in [0, 0.1) is 0 Å². The van der Waals surface area contributed by atoms with E-state index in [9.17, 15) is 9.59 Å². The molecule has 0 aliphatic carbocycles. The Morgan fingerprint density at radius 1 is 1.00 bits per heavy atom. The number of carbonyl (C=O) groups excluding carboxylic acids is 2. The van der Waals surface area contributed by atoms with Crippen molar-refractivity contribution >= 4 is 11.8 Å². The standard InChI is InChI=1S/C17H16O4.C2H6/c1-12(18)14-8-9-16(15(10-14)17(19)20-2)21-11-13-6-4-3-5-7-13;1-2/h3-10H,11H2,1-2H3;1-2H3. The van der Waals surface area contributed by atoms with Gasteiger partial charge in [0.1, 0.15) is 17.9 Å². The minimum atomic E-state index is -0.527. The Hall–Kier alpha value is -2.62. The zero-order valence-corrected chi connectivity index (χ0v) is 14.0. The fourth-order valence-corrected chi connectivity index (χ4v) is 1.88. The highest BCUT2D eigenvalue weighted by Crippen LogP contribution is 2.22. The largest absolute Gasteiger partial charge is 0.488 e. The van der Waals surface area contributed by atoms with Crippen molar-refractivity contribution in [2.75, 3.05) is 7.11 Å². The minimum absolute atomic E-state index is 0.116. The van der Waals surface area contributed by atoms with Gasteiger partial charge in [-0.15, -0.1) is 0 Å². The van der Waals surface area contributed by atoms with E-state index in [2.05, 4.69) is 0 Å². The van der Waals surface area contributed by atoms with Gasteiger partial charge in [-0.05, 0) is 30.7 Å². The van der Waals surface area contributed by atoms with Gasteiger partial charge in [-0.1, -0.05) is 44.2 Å². The first kappa shape index (κ1) is 18.4. The second-order valence-electron chi connectivity index (χ2n) is 4.53. The molecule has 4 nitrogen and oxygen atoms in total. The van der Waals surface area contributed by atoms with Crippen LogP contribution in [0.5, 0.6) is 5.75 Å². The fraction of sp³-hybridized carbons (Fsp3) is 0.263. The summed E-state index contributed by atoms with van der Waals surface area (Å²) in [7, 11) is 1.30. The van der Waals surface area contributed by atoms with Crippen molar-refractivity contribution in [2.45, 2.75) is 27.4 Å². The summed E-state index contributed by atoms with van der Waals surface area (Å²) in [6, 6.07) is 14.4. The highest BCUT2D eigenvalue weighted by molar-refractivity contribution is 5.99. The lowest BCUT2D eigenvalue weighted by Gasteiger charge is -2.11. The van der Waals surface area contributed by atoms with Crippen molar-refractivity contribution in [1.82, 2.24) is 0 Å². The normalized spacial score (nSPS) is 9.39. The van der Waals surface area contributed by atoms with Crippen molar-refractivity contribution in [3.05, 3.63) is 65.2 Å². The van der Waals surface area contributed by atoms with Crippen LogP contribution in [-0.4, -0.2) is 18.9 Å². The number of esters is 1. The van der Waals surface area contributed by atoms with Crippen LogP contribution in [0.1, 0.15) is 47.1 Å². The number of rotatable bonds is 5. The summed E-state index contributed by atoms with van der Waals surface area (Å²) in [5.41, 5.74) is 1.69. The molecule has 0 fully saturated rings. The molecule has 4 heteroatoms. The van der Waals surface area contributed by atoms with E-state index in [1.165, 1.54) is 20.1 Å². The van der Waals surface area contributed by atoms with Crippen molar-refractivity contribution in [3.8, 4) is 5.75 Å². The van der Waals surface area contributed by atoms with Gasteiger partial charge in [-0.2, -0.15) is 0 Å². The number of hydrogen-bond donors (Lipinski definition) is 0. The highest BCUT2D eigenvalue weighted by atomic mass is 16.5. The van der Waals surface area contributed by atoms with Crippen LogP contribution >= 0.6 is 0 Å². The Balaban J connectivity index is 0.00000127. The Kier molecular flexibility index (Phi) is 7.54. The number of ether oxygens (including phenoxy) is 2. The molecule has 0 saturated heterocycles. The predicted octanol–water partition coefficient (Wildman–Crippen LogP) is 4.28. The summed E-state index contributed by atoms with van der Waals surface area (Å²) in [4.78, 5) is 23.2. The molecule has 0 heterocycles. The van der Waals surface area contributed by atoms with Crippen LogP contribution in [0.4, 0.5) is 0 Å². The molecule has 122 valence electrons. The average Bonchev–Trinajstić information content (AvgIpc) is 2.61. The molecule has 0 saturated carbocycles. The zero-order valence-electron chi connectivity index (χ0n) is 14.0. The number of benzene rings is 2. The molecular formula is C19H22O4. The second-order valence-corrected chi connectivity index (χ2v) is 4.53. The predicted molar refractivity (Wildman–Crippen MR) is 89.9 cm³/mol. The van der Waals surface area contributed by atoms with E-state index >= 15 is 0 Å². The monoisotopic (exact) mass is 314 g/mol. The number of carbonyl (C=O) groups is 2. The molecule has 23 heavy (non-hydrogen) atoms. The first-order valence-corrected chi connectivity index (χ1v) is 7.52. The molecule has 2 aromatic carbocycles. The maximum atomic E-state index is 11.8. The van der Waals surface area contributed by atoms with Gasteiger partial charge in [-0.3, -0.25) is 4.79 Å². The van der Waals surface area contributed by atoms with Crippen LogP contribution < -0.4 is 4.74 Å². The van der Waals surface area contributed by atoms with Crippen LogP contribution in [-0.2, 0) is 11.3 Å². The molecule has 0 bridgehead atoms. The smallest absolute Gasteiger partial charge is 0.341 e. The van der Waals surface area contributed by atoms with Gasteiger partial charge >= 0.3 is 5.97 Å². The Labute approximate surface area is 137 Å². The van der Waals surface area contributed by atoms with E-state index in [1.807, 2.05) is 44.2 Å². The van der Waals surface area contributed by atoms with Crippen molar-refractivity contribution < 1.29 is 19.1 Å². The third-order valence-electron chi connectivity index (χ3n) is 3.03. The van der Waals surface area contributed by atoms with Crippen molar-refractivity contribution in [2.24, 2.45) is 0 Å². The molecular weight excluding hydrogens is 292 g/mol. The lowest BCUT2D eigenvalue weighted by atomic mass is 10.1. The molecule has 0 unspecified atom stereocenters. The van der Waals surface area contributed by atoms with Crippen LogP contribution in [0.25, 0.3) is 0 Å².